The van der Waals surface area contributed by atoms with E-state index in [1.807, 2.05) is 0 Å². The van der Waals surface area contributed by atoms with Crippen molar-refractivity contribution in [1.29, 1.82) is 0 Å². The van der Waals surface area contributed by atoms with E-state index in [4.69, 9.17) is 10.5 Å². The number of hydrogen-bond acceptors (Lipinski definition) is 3. The smallest absolute Gasteiger partial charge is 0.139 e. The molecule has 0 bridgehead atoms. The maximum absolute atomic E-state index is 13.3. The summed E-state index contributed by atoms with van der Waals surface area (Å²) in [6.07, 6.45) is 2.19. The summed E-state index contributed by atoms with van der Waals surface area (Å²) >= 11 is 3.10. The van der Waals surface area contributed by atoms with Crippen LogP contribution in [-0.2, 0) is 4.74 Å². The lowest BCUT2D eigenvalue weighted by Crippen LogP contribution is -2.40. The van der Waals surface area contributed by atoms with Crippen LogP contribution in [0.2, 0.25) is 0 Å². The highest BCUT2D eigenvalue weighted by molar-refractivity contribution is 9.10. The molecule has 0 saturated heterocycles. The van der Waals surface area contributed by atoms with Crippen molar-refractivity contribution in [2.75, 3.05) is 18.2 Å². The van der Waals surface area contributed by atoms with Gasteiger partial charge in [-0.2, -0.15) is 0 Å². The van der Waals surface area contributed by atoms with Crippen LogP contribution in [0.3, 0.4) is 0 Å². The lowest BCUT2D eigenvalue weighted by Gasteiger charge is -2.35. The Morgan fingerprint density at radius 2 is 2.19 bits per heavy atom. The molecule has 0 spiro atoms. The molecular weight excluding hydrogens is 275 g/mol. The molecule has 0 unspecified atom stereocenters. The topological polar surface area (TPSA) is 47.3 Å². The Labute approximate surface area is 102 Å². The lowest BCUT2D eigenvalue weighted by molar-refractivity contribution is 0.0329. The molecule has 3 N–H and O–H groups in total. The monoisotopic (exact) mass is 288 g/mol. The van der Waals surface area contributed by atoms with Crippen molar-refractivity contribution < 1.29 is 9.13 Å². The van der Waals surface area contributed by atoms with Gasteiger partial charge in [0.25, 0.3) is 0 Å². The van der Waals surface area contributed by atoms with Crippen LogP contribution in [-0.4, -0.2) is 19.3 Å². The Morgan fingerprint density at radius 1 is 1.50 bits per heavy atom. The van der Waals surface area contributed by atoms with Crippen LogP contribution in [0.25, 0.3) is 0 Å². The second-order valence-electron chi connectivity index (χ2n) is 4.02. The molecule has 0 aromatic heterocycles. The van der Waals surface area contributed by atoms with Crippen molar-refractivity contribution >= 4 is 27.3 Å². The van der Waals surface area contributed by atoms with E-state index in [1.165, 1.54) is 6.07 Å². The highest BCUT2D eigenvalue weighted by atomic mass is 79.9. The number of hydrogen-bond donors (Lipinski definition) is 2. The number of benzene rings is 1. The molecule has 1 fully saturated rings. The summed E-state index contributed by atoms with van der Waals surface area (Å²) in [5.41, 5.74) is 7.00. The third kappa shape index (κ3) is 2.30. The summed E-state index contributed by atoms with van der Waals surface area (Å²) in [4.78, 5) is 0. The molecular formula is C11H14BrFN2O. The molecule has 1 aromatic rings. The molecule has 1 saturated carbocycles. The van der Waals surface area contributed by atoms with Crippen LogP contribution in [0, 0.1) is 5.82 Å². The summed E-state index contributed by atoms with van der Waals surface area (Å²) < 4.78 is 18.9. The van der Waals surface area contributed by atoms with E-state index in [-0.39, 0.29) is 5.82 Å². The zero-order valence-electron chi connectivity index (χ0n) is 8.97. The van der Waals surface area contributed by atoms with E-state index >= 15 is 0 Å². The molecule has 0 radical (unpaired) electrons. The van der Waals surface area contributed by atoms with Gasteiger partial charge in [-0.3, -0.25) is 0 Å². The number of halogens is 2. The molecule has 88 valence electrons. The quantitative estimate of drug-likeness (QED) is 0.841. The van der Waals surface area contributed by atoms with Gasteiger partial charge < -0.3 is 15.8 Å². The first-order valence-electron chi connectivity index (χ1n) is 5.14. The minimum atomic E-state index is -0.306. The lowest BCUT2D eigenvalue weighted by atomic mass is 9.89. The molecule has 0 atom stereocenters. The third-order valence-electron chi connectivity index (χ3n) is 2.88. The summed E-state index contributed by atoms with van der Waals surface area (Å²) in [5.74, 6) is -0.306. The van der Waals surface area contributed by atoms with Gasteiger partial charge in [0.2, 0.25) is 0 Å². The van der Waals surface area contributed by atoms with E-state index in [1.54, 1.807) is 13.2 Å². The molecule has 0 heterocycles. The van der Waals surface area contributed by atoms with Gasteiger partial charge in [-0.15, -0.1) is 0 Å². The zero-order chi connectivity index (χ0) is 11.7. The standard InChI is InChI=1S/C11H14BrFN2O/c1-16-7-2-6(3-7)15-11-5-9(13)8(12)4-10(11)14/h4-7,15H,2-3,14H2,1H3. The maximum atomic E-state index is 13.3. The van der Waals surface area contributed by atoms with Gasteiger partial charge in [-0.1, -0.05) is 0 Å². The van der Waals surface area contributed by atoms with Gasteiger partial charge in [0.15, 0.2) is 0 Å². The third-order valence-corrected chi connectivity index (χ3v) is 3.49. The minimum absolute atomic E-state index is 0.306. The van der Waals surface area contributed by atoms with Crippen molar-refractivity contribution in [2.24, 2.45) is 0 Å². The number of nitrogens with one attached hydrogen (secondary N) is 1. The largest absolute Gasteiger partial charge is 0.397 e. The van der Waals surface area contributed by atoms with Crippen molar-refractivity contribution in [3.05, 3.63) is 22.4 Å². The van der Waals surface area contributed by atoms with E-state index < -0.39 is 0 Å². The van der Waals surface area contributed by atoms with Crippen LogP contribution in [0.1, 0.15) is 12.8 Å². The highest BCUT2D eigenvalue weighted by Crippen LogP contribution is 2.31. The highest BCUT2D eigenvalue weighted by Gasteiger charge is 2.29. The molecule has 2 rings (SSSR count). The number of anilines is 2. The molecule has 0 aliphatic heterocycles. The fourth-order valence-corrected chi connectivity index (χ4v) is 2.14. The van der Waals surface area contributed by atoms with E-state index in [9.17, 15) is 4.39 Å². The molecule has 3 nitrogen and oxygen atoms in total. The Morgan fingerprint density at radius 3 is 2.81 bits per heavy atom. The molecule has 5 heteroatoms. The second-order valence-corrected chi connectivity index (χ2v) is 4.88. The average molecular weight is 289 g/mol. The van der Waals surface area contributed by atoms with Gasteiger partial charge in [0, 0.05) is 19.2 Å². The minimum Gasteiger partial charge on any atom is -0.397 e. The second kappa shape index (κ2) is 4.59. The average Bonchev–Trinajstić information content (AvgIpc) is 2.18. The van der Waals surface area contributed by atoms with Gasteiger partial charge in [-0.25, -0.2) is 4.39 Å². The zero-order valence-corrected chi connectivity index (χ0v) is 10.6. The number of nitrogens with two attached hydrogens (primary N) is 1. The fourth-order valence-electron chi connectivity index (χ4n) is 1.78. The van der Waals surface area contributed by atoms with Crippen LogP contribution in [0.4, 0.5) is 15.8 Å². The first kappa shape index (κ1) is 11.7. The number of ether oxygens (including phenoxy) is 1. The fraction of sp³-hybridized carbons (Fsp3) is 0.455. The molecule has 16 heavy (non-hydrogen) atoms. The van der Waals surface area contributed by atoms with Gasteiger partial charge in [0.1, 0.15) is 5.82 Å². The molecule has 1 aromatic carbocycles. The van der Waals surface area contributed by atoms with E-state index in [2.05, 4.69) is 21.2 Å². The van der Waals surface area contributed by atoms with Crippen LogP contribution >= 0.6 is 15.9 Å². The van der Waals surface area contributed by atoms with E-state index in [0.717, 1.165) is 12.8 Å². The normalized spacial score (nSPS) is 23.9. The predicted octanol–water partition coefficient (Wildman–Crippen LogP) is 2.76. The maximum Gasteiger partial charge on any atom is 0.139 e. The van der Waals surface area contributed by atoms with Crippen LogP contribution in [0.5, 0.6) is 0 Å². The number of methoxy groups -OCH3 is 1. The first-order valence-corrected chi connectivity index (χ1v) is 5.93. The van der Waals surface area contributed by atoms with E-state index in [0.29, 0.717) is 28.0 Å². The Balaban J connectivity index is 2.02. The summed E-state index contributed by atoms with van der Waals surface area (Å²) in [6, 6.07) is 3.32. The molecule has 1 aliphatic carbocycles. The van der Waals surface area contributed by atoms with Gasteiger partial charge >= 0.3 is 0 Å². The predicted molar refractivity (Wildman–Crippen MR) is 66.0 cm³/mol. The summed E-state index contributed by atoms with van der Waals surface area (Å²) in [6.45, 7) is 0. The van der Waals surface area contributed by atoms with Gasteiger partial charge in [-0.05, 0) is 34.8 Å². The summed E-state index contributed by atoms with van der Waals surface area (Å²) in [5, 5.41) is 3.21. The molecule has 0 amide bonds. The van der Waals surface area contributed by atoms with Crippen molar-refractivity contribution in [1.82, 2.24) is 0 Å². The van der Waals surface area contributed by atoms with Crippen molar-refractivity contribution in [3.8, 4) is 0 Å². The van der Waals surface area contributed by atoms with Gasteiger partial charge in [0.05, 0.1) is 22.0 Å². The van der Waals surface area contributed by atoms with Crippen molar-refractivity contribution in [2.45, 2.75) is 25.0 Å². The number of nitrogen functional groups attached to an aromatic ring is 1. The van der Waals surface area contributed by atoms with Crippen molar-refractivity contribution in [3.63, 3.8) is 0 Å². The SMILES string of the molecule is COC1CC(Nc2cc(F)c(Br)cc2N)C1. The first-order chi connectivity index (χ1) is 7.60. The Kier molecular flexibility index (Phi) is 3.35. The Hall–Kier alpha value is -0.810. The molecule has 1 aliphatic rings. The summed E-state index contributed by atoms with van der Waals surface area (Å²) in [7, 11) is 1.70. The number of rotatable bonds is 3. The Bertz CT molecular complexity index is 394. The van der Waals surface area contributed by atoms with Crippen LogP contribution < -0.4 is 11.1 Å². The van der Waals surface area contributed by atoms with Crippen LogP contribution in [0.15, 0.2) is 16.6 Å².